The number of hydrogen-bond acceptors (Lipinski definition) is 2. The Hall–Kier alpha value is -2.42. The predicted octanol–water partition coefficient (Wildman–Crippen LogP) is 4.56. The second kappa shape index (κ2) is 7.73. The summed E-state index contributed by atoms with van der Waals surface area (Å²) in [5, 5.41) is 8.64. The van der Waals surface area contributed by atoms with Gasteiger partial charge in [-0.3, -0.25) is 4.79 Å². The summed E-state index contributed by atoms with van der Waals surface area (Å²) in [7, 11) is 0. The van der Waals surface area contributed by atoms with Crippen LogP contribution in [0.15, 0.2) is 70.9 Å². The van der Waals surface area contributed by atoms with Crippen molar-refractivity contribution in [3.05, 3.63) is 70.9 Å². The van der Waals surface area contributed by atoms with E-state index in [-0.39, 0.29) is 5.78 Å². The van der Waals surface area contributed by atoms with Crippen molar-refractivity contribution in [1.29, 1.82) is 0 Å². The lowest BCUT2D eigenvalue weighted by molar-refractivity contribution is -0.131. The number of carboxylic acid groups (broad SMARTS) is 1. The summed E-state index contributed by atoms with van der Waals surface area (Å²) in [6, 6.07) is 0. The first kappa shape index (κ1) is 18.6. The summed E-state index contributed by atoms with van der Waals surface area (Å²) in [4.78, 5) is 22.5. The number of allylic oxidation sites excluding steroid dienone is 11. The molecule has 0 aromatic heterocycles. The lowest BCUT2D eigenvalue weighted by Gasteiger charge is -2.28. The molecule has 0 aliphatic heterocycles. The van der Waals surface area contributed by atoms with Crippen LogP contribution in [0.25, 0.3) is 0 Å². The van der Waals surface area contributed by atoms with Gasteiger partial charge in [0.25, 0.3) is 0 Å². The molecule has 1 aliphatic rings. The molecule has 0 amide bonds. The van der Waals surface area contributed by atoms with Crippen LogP contribution in [0.1, 0.15) is 34.6 Å². The fraction of sp³-hybridized carbons (Fsp3) is 0.300. The third-order valence-corrected chi connectivity index (χ3v) is 3.78. The Labute approximate surface area is 138 Å². The van der Waals surface area contributed by atoms with Gasteiger partial charge in [0.1, 0.15) is 0 Å². The number of carbonyl (C=O) groups is 2. The molecule has 0 radical (unpaired) electrons. The van der Waals surface area contributed by atoms with Gasteiger partial charge < -0.3 is 5.11 Å². The third-order valence-electron chi connectivity index (χ3n) is 3.78. The van der Waals surface area contributed by atoms with Crippen molar-refractivity contribution in [2.45, 2.75) is 34.6 Å². The Morgan fingerprint density at radius 1 is 1.13 bits per heavy atom. The first-order valence-electron chi connectivity index (χ1n) is 7.52. The van der Waals surface area contributed by atoms with Crippen molar-refractivity contribution in [2.75, 3.05) is 0 Å². The molecule has 0 heterocycles. The average Bonchev–Trinajstić information content (AvgIpc) is 2.42. The van der Waals surface area contributed by atoms with Gasteiger partial charge in [0.2, 0.25) is 0 Å². The molecule has 0 fully saturated rings. The normalized spacial score (nSPS) is 19.3. The molecule has 1 rings (SSSR count). The Balaban J connectivity index is 2.90. The number of carboxylic acids is 1. The minimum Gasteiger partial charge on any atom is -0.478 e. The highest BCUT2D eigenvalue weighted by molar-refractivity contribution is 5.99. The molecule has 23 heavy (non-hydrogen) atoms. The molecular formula is C20H24O3. The molecule has 0 spiro atoms. The fourth-order valence-corrected chi connectivity index (χ4v) is 2.33. The maximum atomic E-state index is 12.0. The van der Waals surface area contributed by atoms with E-state index in [1.165, 1.54) is 0 Å². The van der Waals surface area contributed by atoms with Crippen molar-refractivity contribution in [1.82, 2.24) is 0 Å². The number of ketones is 1. The van der Waals surface area contributed by atoms with Crippen molar-refractivity contribution in [2.24, 2.45) is 5.41 Å². The molecule has 122 valence electrons. The molecule has 1 N–H and O–H groups in total. The minimum atomic E-state index is -0.951. The average molecular weight is 312 g/mol. The molecule has 3 nitrogen and oxygen atoms in total. The highest BCUT2D eigenvalue weighted by Crippen LogP contribution is 2.35. The van der Waals surface area contributed by atoms with Crippen LogP contribution in [0.3, 0.4) is 0 Å². The summed E-state index contributed by atoms with van der Waals surface area (Å²) in [5.74, 6) is -0.842. The molecule has 0 aromatic carbocycles. The smallest absolute Gasteiger partial charge is 0.328 e. The van der Waals surface area contributed by atoms with Crippen LogP contribution >= 0.6 is 0 Å². The topological polar surface area (TPSA) is 54.4 Å². The Kier molecular flexibility index (Phi) is 6.26. The second-order valence-electron chi connectivity index (χ2n) is 6.25. The summed E-state index contributed by atoms with van der Waals surface area (Å²) in [6.45, 7) is 9.56. The Morgan fingerprint density at radius 3 is 2.39 bits per heavy atom. The summed E-state index contributed by atoms with van der Waals surface area (Å²) in [5.41, 5.74) is 3.29. The largest absolute Gasteiger partial charge is 0.478 e. The van der Waals surface area contributed by atoms with E-state index in [0.717, 1.165) is 22.8 Å². The summed E-state index contributed by atoms with van der Waals surface area (Å²) >= 11 is 0. The summed E-state index contributed by atoms with van der Waals surface area (Å²) in [6.07, 6.45) is 14.1. The van der Waals surface area contributed by atoms with Crippen LogP contribution in [0, 0.1) is 5.41 Å². The number of aliphatic carboxylic acids is 1. The third kappa shape index (κ3) is 5.37. The minimum absolute atomic E-state index is 0.110. The molecule has 3 heteroatoms. The van der Waals surface area contributed by atoms with Gasteiger partial charge in [-0.15, -0.1) is 0 Å². The maximum absolute atomic E-state index is 12.0. The van der Waals surface area contributed by atoms with Gasteiger partial charge in [0.15, 0.2) is 5.78 Å². The van der Waals surface area contributed by atoms with E-state index < -0.39 is 11.4 Å². The van der Waals surface area contributed by atoms with E-state index >= 15 is 0 Å². The highest BCUT2D eigenvalue weighted by atomic mass is 16.4. The van der Waals surface area contributed by atoms with Gasteiger partial charge in [-0.25, -0.2) is 4.79 Å². The van der Waals surface area contributed by atoms with Gasteiger partial charge in [-0.2, -0.15) is 0 Å². The quantitative estimate of drug-likeness (QED) is 0.598. The zero-order valence-corrected chi connectivity index (χ0v) is 14.4. The predicted molar refractivity (Wildman–Crippen MR) is 94.1 cm³/mol. The molecule has 0 aromatic rings. The number of rotatable bonds is 5. The van der Waals surface area contributed by atoms with E-state index in [2.05, 4.69) is 0 Å². The van der Waals surface area contributed by atoms with Crippen LogP contribution in [0.4, 0.5) is 0 Å². The van der Waals surface area contributed by atoms with Gasteiger partial charge in [-0.1, -0.05) is 42.0 Å². The van der Waals surface area contributed by atoms with E-state index in [1.807, 2.05) is 58.1 Å². The number of carbonyl (C=O) groups excluding carboxylic acids is 1. The van der Waals surface area contributed by atoms with E-state index in [1.54, 1.807) is 19.1 Å². The van der Waals surface area contributed by atoms with Crippen LogP contribution in [0.5, 0.6) is 0 Å². The standard InChI is InChI=1S/C20H24O3/c1-14(7-6-8-15(2)13-19(22)23)9-11-17-16(3)10-12-18(21)20(17,4)5/h6-13H,1-5H3,(H,22,23). The lowest BCUT2D eigenvalue weighted by atomic mass is 9.74. The summed E-state index contributed by atoms with van der Waals surface area (Å²) < 4.78 is 0. The fourth-order valence-electron chi connectivity index (χ4n) is 2.33. The molecule has 0 atom stereocenters. The van der Waals surface area contributed by atoms with E-state index in [9.17, 15) is 9.59 Å². The zero-order valence-electron chi connectivity index (χ0n) is 14.4. The van der Waals surface area contributed by atoms with Gasteiger partial charge >= 0.3 is 5.97 Å². The molecule has 0 saturated heterocycles. The molecule has 0 bridgehead atoms. The van der Waals surface area contributed by atoms with E-state index in [0.29, 0.717) is 5.57 Å². The van der Waals surface area contributed by atoms with Gasteiger partial charge in [0, 0.05) is 6.08 Å². The zero-order chi connectivity index (χ0) is 17.6. The van der Waals surface area contributed by atoms with Gasteiger partial charge in [-0.05, 0) is 57.4 Å². The van der Waals surface area contributed by atoms with Gasteiger partial charge in [0.05, 0.1) is 5.41 Å². The van der Waals surface area contributed by atoms with Crippen molar-refractivity contribution in [3.63, 3.8) is 0 Å². The molecular weight excluding hydrogens is 288 g/mol. The maximum Gasteiger partial charge on any atom is 0.328 e. The molecule has 1 aliphatic carbocycles. The number of hydrogen-bond donors (Lipinski definition) is 1. The van der Waals surface area contributed by atoms with Crippen LogP contribution < -0.4 is 0 Å². The Morgan fingerprint density at radius 2 is 1.78 bits per heavy atom. The lowest BCUT2D eigenvalue weighted by Crippen LogP contribution is -2.27. The van der Waals surface area contributed by atoms with E-state index in [4.69, 9.17) is 5.11 Å². The molecule has 0 unspecified atom stereocenters. The van der Waals surface area contributed by atoms with Crippen molar-refractivity contribution < 1.29 is 14.7 Å². The Bertz CT molecular complexity index is 678. The first-order chi connectivity index (χ1) is 10.6. The second-order valence-corrected chi connectivity index (χ2v) is 6.25. The monoisotopic (exact) mass is 312 g/mol. The highest BCUT2D eigenvalue weighted by Gasteiger charge is 2.31. The molecule has 0 saturated carbocycles. The SMILES string of the molecule is CC(C=CC1=C(C)C=CC(=O)C1(C)C)=CC=CC(C)=CC(=O)O. The van der Waals surface area contributed by atoms with Crippen LogP contribution in [-0.4, -0.2) is 16.9 Å². The van der Waals surface area contributed by atoms with Crippen LogP contribution in [0.2, 0.25) is 0 Å². The van der Waals surface area contributed by atoms with Crippen LogP contribution in [-0.2, 0) is 9.59 Å². The van der Waals surface area contributed by atoms with Crippen molar-refractivity contribution in [3.8, 4) is 0 Å². The first-order valence-corrected chi connectivity index (χ1v) is 7.52. The van der Waals surface area contributed by atoms with Crippen molar-refractivity contribution >= 4 is 11.8 Å².